The van der Waals surface area contributed by atoms with E-state index in [0.29, 0.717) is 6.42 Å². The number of carbonyl (C=O) groups excluding carboxylic acids is 1. The Kier molecular flexibility index (Phi) is 6.40. The van der Waals surface area contributed by atoms with Gasteiger partial charge in [0.25, 0.3) is 0 Å². The summed E-state index contributed by atoms with van der Waals surface area (Å²) < 4.78 is 3.97. The predicted octanol–water partition coefficient (Wildman–Crippen LogP) is 3.54. The van der Waals surface area contributed by atoms with Crippen molar-refractivity contribution in [1.82, 2.24) is 29.8 Å². The number of piperazine rings is 1. The fourth-order valence-electron chi connectivity index (χ4n) is 5.48. The van der Waals surface area contributed by atoms with Crippen LogP contribution < -0.4 is 16.0 Å². The lowest BCUT2D eigenvalue weighted by molar-refractivity contribution is -0.116. The number of nitrogens with one attached hydrogen (secondary N) is 3. The Bertz CT molecular complexity index is 1430. The van der Waals surface area contributed by atoms with Gasteiger partial charge in [-0.05, 0) is 43.7 Å². The van der Waals surface area contributed by atoms with E-state index in [0.717, 1.165) is 90.4 Å². The largest absolute Gasteiger partial charge is 0.380 e. The maximum absolute atomic E-state index is 12.3. The lowest BCUT2D eigenvalue weighted by atomic mass is 9.99. The normalized spacial score (nSPS) is 18.3. The number of hydrogen-bond acceptors (Lipinski definition) is 6. The van der Waals surface area contributed by atoms with Gasteiger partial charge in [0.1, 0.15) is 5.69 Å². The van der Waals surface area contributed by atoms with Gasteiger partial charge in [0, 0.05) is 74.9 Å². The third-order valence-electron chi connectivity index (χ3n) is 7.31. The average Bonchev–Trinajstić information content (AvgIpc) is 3.44. The number of aromatic nitrogens is 4. The molecule has 192 valence electrons. The van der Waals surface area contributed by atoms with Crippen molar-refractivity contribution in [2.75, 3.05) is 43.4 Å². The molecule has 9 heteroatoms. The fourth-order valence-corrected chi connectivity index (χ4v) is 5.48. The molecular formula is C28H34N8O. The smallest absolute Gasteiger partial charge is 0.226 e. The van der Waals surface area contributed by atoms with Crippen molar-refractivity contribution >= 4 is 28.2 Å². The minimum Gasteiger partial charge on any atom is -0.380 e. The van der Waals surface area contributed by atoms with E-state index in [1.165, 1.54) is 0 Å². The summed E-state index contributed by atoms with van der Waals surface area (Å²) in [6.07, 6.45) is 5.40. The van der Waals surface area contributed by atoms with Gasteiger partial charge in [-0.2, -0.15) is 10.2 Å². The van der Waals surface area contributed by atoms with E-state index in [2.05, 4.69) is 54.9 Å². The molecule has 0 radical (unpaired) electrons. The summed E-state index contributed by atoms with van der Waals surface area (Å²) in [5.74, 6) is 0.0345. The monoisotopic (exact) mass is 498 g/mol. The van der Waals surface area contributed by atoms with E-state index >= 15 is 0 Å². The maximum Gasteiger partial charge on any atom is 0.226 e. The van der Waals surface area contributed by atoms with Crippen LogP contribution in [-0.4, -0.2) is 69.1 Å². The summed E-state index contributed by atoms with van der Waals surface area (Å²) in [5, 5.41) is 20.6. The van der Waals surface area contributed by atoms with Crippen LogP contribution in [0.25, 0.3) is 33.3 Å². The Morgan fingerprint density at radius 2 is 1.95 bits per heavy atom. The van der Waals surface area contributed by atoms with Crippen molar-refractivity contribution in [3.63, 3.8) is 0 Å². The fraction of sp³-hybridized carbons (Fsp3) is 0.393. The van der Waals surface area contributed by atoms with Crippen molar-refractivity contribution in [2.24, 2.45) is 7.05 Å². The molecule has 1 atom stereocenters. The molecule has 0 saturated carbocycles. The number of para-hydroxylation sites is 1. The topological polar surface area (TPSA) is 92.0 Å². The molecule has 1 fully saturated rings. The second-order valence-electron chi connectivity index (χ2n) is 10.2. The Morgan fingerprint density at radius 3 is 2.76 bits per heavy atom. The van der Waals surface area contributed by atoms with Crippen LogP contribution in [0, 0.1) is 0 Å². The zero-order chi connectivity index (χ0) is 25.4. The summed E-state index contributed by atoms with van der Waals surface area (Å²) in [4.78, 5) is 14.8. The predicted molar refractivity (Wildman–Crippen MR) is 148 cm³/mol. The van der Waals surface area contributed by atoms with Gasteiger partial charge < -0.3 is 20.9 Å². The number of benzene rings is 2. The van der Waals surface area contributed by atoms with Gasteiger partial charge in [0.2, 0.25) is 5.91 Å². The third kappa shape index (κ3) is 4.84. The zero-order valence-corrected chi connectivity index (χ0v) is 21.5. The van der Waals surface area contributed by atoms with Gasteiger partial charge in [-0.25, -0.2) is 0 Å². The number of carbonyl (C=O) groups is 1. The lowest BCUT2D eigenvalue weighted by Crippen LogP contribution is -2.43. The van der Waals surface area contributed by atoms with Gasteiger partial charge in [-0.1, -0.05) is 18.2 Å². The lowest BCUT2D eigenvalue weighted by Gasteiger charge is -2.27. The van der Waals surface area contributed by atoms with Crippen LogP contribution in [0.15, 0.2) is 48.8 Å². The Morgan fingerprint density at radius 1 is 1.08 bits per heavy atom. The van der Waals surface area contributed by atoms with Gasteiger partial charge in [-0.3, -0.25) is 14.2 Å². The van der Waals surface area contributed by atoms with Crippen LogP contribution in [0.2, 0.25) is 0 Å². The molecule has 3 N–H and O–H groups in total. The van der Waals surface area contributed by atoms with Crippen molar-refractivity contribution < 1.29 is 4.79 Å². The molecule has 6 rings (SSSR count). The number of rotatable bonds is 6. The standard InChI is InChI=1S/C28H34N8O/c1-19-15-26(37)32-24-6-3-5-22(28(24)31-19)20-7-8-25-23(16-20)27(21-17-30-34(2)18-21)33-36(25)12-4-11-35-13-9-29-10-14-35/h3,5-8,16-19,29,31H,4,9-15H2,1-2H3,(H,32,37)/t19-/m1/s1. The summed E-state index contributed by atoms with van der Waals surface area (Å²) >= 11 is 0. The van der Waals surface area contributed by atoms with Gasteiger partial charge in [0.15, 0.2) is 0 Å². The van der Waals surface area contributed by atoms with Crippen LogP contribution in [0.4, 0.5) is 11.4 Å². The molecule has 2 aromatic carbocycles. The molecule has 9 nitrogen and oxygen atoms in total. The highest BCUT2D eigenvalue weighted by Crippen LogP contribution is 2.39. The highest BCUT2D eigenvalue weighted by Gasteiger charge is 2.22. The van der Waals surface area contributed by atoms with E-state index in [9.17, 15) is 4.79 Å². The van der Waals surface area contributed by atoms with E-state index in [-0.39, 0.29) is 11.9 Å². The number of hydrogen-bond donors (Lipinski definition) is 3. The minimum atomic E-state index is 0.0345. The van der Waals surface area contributed by atoms with Crippen molar-refractivity contribution in [3.8, 4) is 22.4 Å². The molecule has 37 heavy (non-hydrogen) atoms. The average molecular weight is 499 g/mol. The van der Waals surface area contributed by atoms with Crippen LogP contribution in [0.5, 0.6) is 0 Å². The van der Waals surface area contributed by atoms with E-state index in [1.54, 1.807) is 0 Å². The van der Waals surface area contributed by atoms with Crippen molar-refractivity contribution in [3.05, 3.63) is 48.8 Å². The molecule has 2 aromatic heterocycles. The summed E-state index contributed by atoms with van der Waals surface area (Å²) in [5.41, 5.74) is 7.03. The van der Waals surface area contributed by atoms with Crippen LogP contribution in [-0.2, 0) is 18.4 Å². The highest BCUT2D eigenvalue weighted by molar-refractivity contribution is 6.02. The SMILES string of the molecule is C[C@@H]1CC(=O)Nc2cccc(-c3ccc4c(c3)c(-c3cnn(C)c3)nn4CCCN3CCNCC3)c2N1. The van der Waals surface area contributed by atoms with Gasteiger partial charge in [-0.15, -0.1) is 0 Å². The minimum absolute atomic E-state index is 0.0345. The zero-order valence-electron chi connectivity index (χ0n) is 21.5. The Balaban J connectivity index is 1.38. The van der Waals surface area contributed by atoms with Gasteiger partial charge >= 0.3 is 0 Å². The van der Waals surface area contributed by atoms with E-state index in [4.69, 9.17) is 5.10 Å². The number of anilines is 2. The second-order valence-corrected chi connectivity index (χ2v) is 10.2. The molecule has 1 amide bonds. The van der Waals surface area contributed by atoms with E-state index < -0.39 is 0 Å². The number of aryl methyl sites for hydroxylation is 2. The second kappa shape index (κ2) is 9.99. The molecule has 1 saturated heterocycles. The molecule has 0 aliphatic carbocycles. The van der Waals surface area contributed by atoms with Crippen LogP contribution in [0.3, 0.4) is 0 Å². The quantitative estimate of drug-likeness (QED) is 0.377. The first kappa shape index (κ1) is 23.7. The first-order valence-electron chi connectivity index (χ1n) is 13.2. The van der Waals surface area contributed by atoms with Gasteiger partial charge in [0.05, 0.1) is 23.1 Å². The number of nitrogens with zero attached hydrogens (tertiary/aromatic N) is 5. The maximum atomic E-state index is 12.3. The summed E-state index contributed by atoms with van der Waals surface area (Å²) in [6.45, 7) is 8.34. The molecule has 4 heterocycles. The first-order valence-corrected chi connectivity index (χ1v) is 13.2. The molecule has 0 bridgehead atoms. The Hall–Kier alpha value is -3.69. The molecular weight excluding hydrogens is 464 g/mol. The summed E-state index contributed by atoms with van der Waals surface area (Å²) in [6, 6.07) is 12.7. The number of fused-ring (bicyclic) bond motifs is 2. The molecule has 2 aliphatic heterocycles. The molecule has 4 aromatic rings. The molecule has 2 aliphatic rings. The van der Waals surface area contributed by atoms with E-state index in [1.807, 2.05) is 43.2 Å². The number of amides is 1. The summed E-state index contributed by atoms with van der Waals surface area (Å²) in [7, 11) is 1.93. The van der Waals surface area contributed by atoms with Crippen molar-refractivity contribution in [2.45, 2.75) is 32.4 Å². The first-order chi connectivity index (χ1) is 18.0. The Labute approximate surface area is 216 Å². The molecule has 0 unspecified atom stereocenters. The molecule has 0 spiro atoms. The highest BCUT2D eigenvalue weighted by atomic mass is 16.1. The van der Waals surface area contributed by atoms with Crippen molar-refractivity contribution in [1.29, 1.82) is 0 Å². The third-order valence-corrected chi connectivity index (χ3v) is 7.31. The van der Waals surface area contributed by atoms with Crippen LogP contribution in [0.1, 0.15) is 19.8 Å². The van der Waals surface area contributed by atoms with Crippen LogP contribution >= 0.6 is 0 Å².